The maximum atomic E-state index is 5.72. The lowest BCUT2D eigenvalue weighted by atomic mass is 9.99. The van der Waals surface area contributed by atoms with E-state index in [2.05, 4.69) is 32.8 Å². The molecule has 0 spiro atoms. The minimum atomic E-state index is 0.397. The van der Waals surface area contributed by atoms with E-state index >= 15 is 0 Å². The quantitative estimate of drug-likeness (QED) is 0.572. The maximum absolute atomic E-state index is 5.72. The van der Waals surface area contributed by atoms with E-state index in [1.54, 1.807) is 0 Å². The van der Waals surface area contributed by atoms with Crippen LogP contribution >= 0.6 is 0 Å². The van der Waals surface area contributed by atoms with Crippen LogP contribution in [0.15, 0.2) is 0 Å². The number of nitrogens with zero attached hydrogens (tertiary/aromatic N) is 1. The fraction of sp³-hybridized carbons (Fsp3) is 1.00. The van der Waals surface area contributed by atoms with Crippen LogP contribution in [0.2, 0.25) is 0 Å². The molecule has 1 aliphatic heterocycles. The van der Waals surface area contributed by atoms with Crippen molar-refractivity contribution in [2.24, 2.45) is 0 Å². The van der Waals surface area contributed by atoms with Crippen LogP contribution in [0.1, 0.15) is 26.7 Å². The van der Waals surface area contributed by atoms with E-state index in [0.29, 0.717) is 18.2 Å². The lowest BCUT2D eigenvalue weighted by Crippen LogP contribution is -2.44. The van der Waals surface area contributed by atoms with Crippen LogP contribution in [-0.2, 0) is 4.74 Å². The Labute approximate surface area is 69.5 Å². The molecule has 11 heavy (non-hydrogen) atoms. The minimum Gasteiger partial charge on any atom is -0.374 e. The Balaban J connectivity index is 2.44. The molecule has 0 aromatic rings. The zero-order valence-corrected chi connectivity index (χ0v) is 8.00. The van der Waals surface area contributed by atoms with E-state index in [1.165, 1.54) is 12.8 Å². The third-order valence-corrected chi connectivity index (χ3v) is 2.52. The van der Waals surface area contributed by atoms with E-state index < -0.39 is 0 Å². The summed E-state index contributed by atoms with van der Waals surface area (Å²) in [5, 5.41) is 0. The summed E-state index contributed by atoms with van der Waals surface area (Å²) in [5.41, 5.74) is 0. The first-order valence-electron chi connectivity index (χ1n) is 4.43. The van der Waals surface area contributed by atoms with Crippen LogP contribution in [0.4, 0.5) is 0 Å². The molecule has 1 fully saturated rings. The Kier molecular flexibility index (Phi) is 2.90. The SMILES string of the molecule is C[C@H]1CC[C@H](N(C)C)[C@@H](C)O1. The topological polar surface area (TPSA) is 12.5 Å². The van der Waals surface area contributed by atoms with Gasteiger partial charge in [-0.05, 0) is 40.8 Å². The summed E-state index contributed by atoms with van der Waals surface area (Å²) >= 11 is 0. The van der Waals surface area contributed by atoms with Gasteiger partial charge in [-0.3, -0.25) is 0 Å². The summed E-state index contributed by atoms with van der Waals surface area (Å²) in [5.74, 6) is 0. The molecule has 3 atom stereocenters. The van der Waals surface area contributed by atoms with Gasteiger partial charge in [-0.15, -0.1) is 0 Å². The summed E-state index contributed by atoms with van der Waals surface area (Å²) in [7, 11) is 4.25. The highest BCUT2D eigenvalue weighted by Gasteiger charge is 2.26. The third kappa shape index (κ3) is 2.17. The van der Waals surface area contributed by atoms with Gasteiger partial charge in [-0.2, -0.15) is 0 Å². The number of hydrogen-bond acceptors (Lipinski definition) is 2. The summed E-state index contributed by atoms with van der Waals surface area (Å²) in [6.45, 7) is 4.32. The van der Waals surface area contributed by atoms with Gasteiger partial charge in [0, 0.05) is 6.04 Å². The maximum Gasteiger partial charge on any atom is 0.0705 e. The summed E-state index contributed by atoms with van der Waals surface area (Å²) < 4.78 is 5.72. The molecule has 0 radical (unpaired) electrons. The van der Waals surface area contributed by atoms with Crippen molar-refractivity contribution in [1.82, 2.24) is 4.90 Å². The van der Waals surface area contributed by atoms with Crippen molar-refractivity contribution in [3.8, 4) is 0 Å². The lowest BCUT2D eigenvalue weighted by molar-refractivity contribution is -0.0721. The van der Waals surface area contributed by atoms with E-state index in [0.717, 1.165) is 0 Å². The van der Waals surface area contributed by atoms with Crippen molar-refractivity contribution < 1.29 is 4.74 Å². The lowest BCUT2D eigenvalue weighted by Gasteiger charge is -2.37. The molecular formula is C9H19NO. The Morgan fingerprint density at radius 1 is 1.18 bits per heavy atom. The second-order valence-corrected chi connectivity index (χ2v) is 3.76. The highest BCUT2D eigenvalue weighted by Crippen LogP contribution is 2.21. The second-order valence-electron chi connectivity index (χ2n) is 3.76. The second kappa shape index (κ2) is 3.55. The molecule has 66 valence electrons. The number of hydrogen-bond donors (Lipinski definition) is 0. The zero-order valence-electron chi connectivity index (χ0n) is 8.00. The van der Waals surface area contributed by atoms with Crippen LogP contribution in [0.5, 0.6) is 0 Å². The standard InChI is InChI=1S/C9H19NO/c1-7-5-6-9(10(3)4)8(2)11-7/h7-9H,5-6H2,1-4H3/t7-,8+,9-/m0/s1. The van der Waals surface area contributed by atoms with E-state index in [1.807, 2.05) is 0 Å². The molecule has 0 bridgehead atoms. The number of rotatable bonds is 1. The third-order valence-electron chi connectivity index (χ3n) is 2.52. The first-order valence-corrected chi connectivity index (χ1v) is 4.43. The first-order chi connectivity index (χ1) is 5.11. The predicted octanol–water partition coefficient (Wildman–Crippen LogP) is 1.50. The van der Waals surface area contributed by atoms with Gasteiger partial charge in [0.25, 0.3) is 0 Å². The van der Waals surface area contributed by atoms with Crippen LogP contribution in [0.25, 0.3) is 0 Å². The molecule has 1 aliphatic rings. The molecule has 0 aromatic heterocycles. The highest BCUT2D eigenvalue weighted by atomic mass is 16.5. The van der Waals surface area contributed by atoms with Crippen LogP contribution in [-0.4, -0.2) is 37.2 Å². The van der Waals surface area contributed by atoms with Gasteiger partial charge in [-0.1, -0.05) is 0 Å². The molecular weight excluding hydrogens is 138 g/mol. The fourth-order valence-electron chi connectivity index (χ4n) is 1.84. The zero-order chi connectivity index (χ0) is 8.43. The fourth-order valence-corrected chi connectivity index (χ4v) is 1.84. The van der Waals surface area contributed by atoms with Gasteiger partial charge in [0.15, 0.2) is 0 Å². The smallest absolute Gasteiger partial charge is 0.0705 e. The van der Waals surface area contributed by atoms with Crippen molar-refractivity contribution in [2.75, 3.05) is 14.1 Å². The van der Waals surface area contributed by atoms with Gasteiger partial charge in [-0.25, -0.2) is 0 Å². The Bertz CT molecular complexity index is 125. The van der Waals surface area contributed by atoms with Crippen molar-refractivity contribution >= 4 is 0 Å². The Hall–Kier alpha value is -0.0800. The average Bonchev–Trinajstić information content (AvgIpc) is 1.85. The van der Waals surface area contributed by atoms with Gasteiger partial charge < -0.3 is 9.64 Å². The molecule has 1 heterocycles. The van der Waals surface area contributed by atoms with Gasteiger partial charge >= 0.3 is 0 Å². The molecule has 0 amide bonds. The van der Waals surface area contributed by atoms with E-state index in [4.69, 9.17) is 4.74 Å². The van der Waals surface area contributed by atoms with Crippen LogP contribution < -0.4 is 0 Å². The van der Waals surface area contributed by atoms with Crippen molar-refractivity contribution in [2.45, 2.75) is 44.9 Å². The molecule has 1 saturated heterocycles. The van der Waals surface area contributed by atoms with Gasteiger partial charge in [0.2, 0.25) is 0 Å². The number of likely N-dealkylation sites (N-methyl/N-ethyl adjacent to an activating group) is 1. The van der Waals surface area contributed by atoms with E-state index in [-0.39, 0.29) is 0 Å². The molecule has 2 nitrogen and oxygen atoms in total. The largest absolute Gasteiger partial charge is 0.374 e. The summed E-state index contributed by atoms with van der Waals surface area (Å²) in [4.78, 5) is 2.26. The molecule has 0 aromatic carbocycles. The van der Waals surface area contributed by atoms with Gasteiger partial charge in [0.05, 0.1) is 12.2 Å². The van der Waals surface area contributed by atoms with Crippen molar-refractivity contribution in [1.29, 1.82) is 0 Å². The monoisotopic (exact) mass is 157 g/mol. The predicted molar refractivity (Wildman–Crippen MR) is 46.7 cm³/mol. The Morgan fingerprint density at radius 3 is 2.27 bits per heavy atom. The Morgan fingerprint density at radius 2 is 1.82 bits per heavy atom. The van der Waals surface area contributed by atoms with Gasteiger partial charge in [0.1, 0.15) is 0 Å². The average molecular weight is 157 g/mol. The first kappa shape index (κ1) is 9.01. The summed E-state index contributed by atoms with van der Waals surface area (Å²) in [6, 6.07) is 0.617. The molecule has 0 saturated carbocycles. The summed E-state index contributed by atoms with van der Waals surface area (Å²) in [6.07, 6.45) is 3.33. The van der Waals surface area contributed by atoms with Crippen LogP contribution in [0, 0.1) is 0 Å². The van der Waals surface area contributed by atoms with E-state index in [9.17, 15) is 0 Å². The van der Waals surface area contributed by atoms with Crippen molar-refractivity contribution in [3.05, 3.63) is 0 Å². The molecule has 0 N–H and O–H groups in total. The van der Waals surface area contributed by atoms with Crippen LogP contribution in [0.3, 0.4) is 0 Å². The molecule has 0 unspecified atom stereocenters. The molecule has 2 heteroatoms. The molecule has 1 rings (SSSR count). The highest BCUT2D eigenvalue weighted by molar-refractivity contribution is 4.79. The normalized spacial score (nSPS) is 39.5. The minimum absolute atomic E-state index is 0.397. The number of ether oxygens (including phenoxy) is 1. The van der Waals surface area contributed by atoms with Crippen molar-refractivity contribution in [3.63, 3.8) is 0 Å². The molecule has 0 aliphatic carbocycles.